The van der Waals surface area contributed by atoms with Crippen LogP contribution in [0.15, 0.2) is 42.5 Å². The molecule has 0 amide bonds. The highest BCUT2D eigenvalue weighted by atomic mass is 16.5. The Morgan fingerprint density at radius 2 is 1.68 bits per heavy atom. The summed E-state index contributed by atoms with van der Waals surface area (Å²) in [6, 6.07) is 13.3. The van der Waals surface area contributed by atoms with Gasteiger partial charge in [0, 0.05) is 0 Å². The van der Waals surface area contributed by atoms with Gasteiger partial charge in [0.05, 0.1) is 7.11 Å². The molecule has 19 heavy (non-hydrogen) atoms. The zero-order valence-electron chi connectivity index (χ0n) is 11.3. The van der Waals surface area contributed by atoms with Crippen molar-refractivity contribution in [3.63, 3.8) is 0 Å². The van der Waals surface area contributed by atoms with E-state index in [1.165, 1.54) is 5.56 Å². The van der Waals surface area contributed by atoms with E-state index in [4.69, 9.17) is 4.74 Å². The molecule has 98 valence electrons. The number of aromatic hydroxyl groups is 1. The molecule has 0 atom stereocenters. The van der Waals surface area contributed by atoms with Crippen molar-refractivity contribution in [3.05, 3.63) is 59.2 Å². The number of methoxy groups -OCH3 is 1. The molecule has 0 unspecified atom stereocenters. The highest BCUT2D eigenvalue weighted by molar-refractivity contribution is 5.70. The number of hydrogen-bond acceptors (Lipinski definition) is 2. The summed E-state index contributed by atoms with van der Waals surface area (Å²) >= 11 is 0. The van der Waals surface area contributed by atoms with E-state index in [0.29, 0.717) is 0 Å². The fourth-order valence-electron chi connectivity index (χ4n) is 1.88. The van der Waals surface area contributed by atoms with E-state index in [9.17, 15) is 5.11 Å². The number of ether oxygens (including phenoxy) is 1. The summed E-state index contributed by atoms with van der Waals surface area (Å²) in [5.41, 5.74) is 3.42. The van der Waals surface area contributed by atoms with E-state index < -0.39 is 0 Å². The monoisotopic (exact) mass is 254 g/mol. The molecule has 0 saturated heterocycles. The molecule has 2 aromatic rings. The first kappa shape index (κ1) is 13.2. The van der Waals surface area contributed by atoms with Crippen molar-refractivity contribution >= 4 is 12.2 Å². The van der Waals surface area contributed by atoms with Crippen LogP contribution in [0.1, 0.15) is 23.6 Å². The Morgan fingerprint density at radius 3 is 2.32 bits per heavy atom. The first-order valence-electron chi connectivity index (χ1n) is 6.36. The fraction of sp³-hybridized carbons (Fsp3) is 0.176. The zero-order valence-corrected chi connectivity index (χ0v) is 11.3. The minimum Gasteiger partial charge on any atom is -0.508 e. The van der Waals surface area contributed by atoms with E-state index in [2.05, 4.69) is 19.1 Å². The zero-order chi connectivity index (χ0) is 13.7. The molecular formula is C17H18O2. The smallest absolute Gasteiger partial charge is 0.119 e. The quantitative estimate of drug-likeness (QED) is 0.831. The van der Waals surface area contributed by atoms with Gasteiger partial charge < -0.3 is 9.84 Å². The summed E-state index contributed by atoms with van der Waals surface area (Å²) in [6.45, 7) is 2.13. The standard InChI is InChI=1S/C17H18O2/c1-3-13-10-15(12-17(11-13)19-2)5-4-14-6-8-16(18)9-7-14/h4-12,18H,3H2,1-2H3/b5-4+. The largest absolute Gasteiger partial charge is 0.508 e. The minimum atomic E-state index is 0.284. The Balaban J connectivity index is 2.24. The predicted molar refractivity (Wildman–Crippen MR) is 79.4 cm³/mol. The lowest BCUT2D eigenvalue weighted by Gasteiger charge is -2.05. The van der Waals surface area contributed by atoms with Gasteiger partial charge in [0.1, 0.15) is 11.5 Å². The van der Waals surface area contributed by atoms with Crippen LogP contribution in [-0.2, 0) is 6.42 Å². The van der Waals surface area contributed by atoms with Crippen LogP contribution in [0.5, 0.6) is 11.5 Å². The van der Waals surface area contributed by atoms with Gasteiger partial charge in [-0.25, -0.2) is 0 Å². The summed E-state index contributed by atoms with van der Waals surface area (Å²) in [7, 11) is 1.68. The minimum absolute atomic E-state index is 0.284. The predicted octanol–water partition coefficient (Wildman–Crippen LogP) is 4.13. The summed E-state index contributed by atoms with van der Waals surface area (Å²) in [5.74, 6) is 1.16. The highest BCUT2D eigenvalue weighted by Crippen LogP contribution is 2.20. The second kappa shape index (κ2) is 6.10. The van der Waals surface area contributed by atoms with Crippen LogP contribution in [0.3, 0.4) is 0 Å². The van der Waals surface area contributed by atoms with Gasteiger partial charge >= 0.3 is 0 Å². The van der Waals surface area contributed by atoms with E-state index in [1.54, 1.807) is 19.2 Å². The molecule has 0 aliphatic rings. The molecule has 1 N–H and O–H groups in total. The molecule has 0 aromatic heterocycles. The average molecular weight is 254 g/mol. The van der Waals surface area contributed by atoms with Crippen molar-refractivity contribution in [1.29, 1.82) is 0 Å². The lowest BCUT2D eigenvalue weighted by Crippen LogP contribution is -1.87. The molecule has 0 bridgehead atoms. The molecule has 0 saturated carbocycles. The first-order chi connectivity index (χ1) is 9.21. The normalized spacial score (nSPS) is 10.8. The van der Waals surface area contributed by atoms with Gasteiger partial charge in [-0.1, -0.05) is 37.3 Å². The maximum Gasteiger partial charge on any atom is 0.119 e. The van der Waals surface area contributed by atoms with Gasteiger partial charge in [0.15, 0.2) is 0 Å². The van der Waals surface area contributed by atoms with Crippen molar-refractivity contribution < 1.29 is 9.84 Å². The van der Waals surface area contributed by atoms with E-state index in [0.717, 1.165) is 23.3 Å². The Hall–Kier alpha value is -2.22. The Kier molecular flexibility index (Phi) is 4.24. The van der Waals surface area contributed by atoms with Crippen LogP contribution in [-0.4, -0.2) is 12.2 Å². The molecule has 0 aliphatic heterocycles. The second-order valence-corrected chi connectivity index (χ2v) is 4.39. The number of phenols is 1. The number of hydrogen-bond donors (Lipinski definition) is 1. The van der Waals surface area contributed by atoms with E-state index in [1.807, 2.05) is 30.4 Å². The fourth-order valence-corrected chi connectivity index (χ4v) is 1.88. The van der Waals surface area contributed by atoms with Crippen LogP contribution in [0.4, 0.5) is 0 Å². The van der Waals surface area contributed by atoms with E-state index >= 15 is 0 Å². The maximum absolute atomic E-state index is 9.24. The van der Waals surface area contributed by atoms with Gasteiger partial charge in [-0.15, -0.1) is 0 Å². The Labute approximate surface area is 114 Å². The lowest BCUT2D eigenvalue weighted by atomic mass is 10.1. The van der Waals surface area contributed by atoms with Crippen LogP contribution in [0.25, 0.3) is 12.2 Å². The van der Waals surface area contributed by atoms with Gasteiger partial charge in [-0.3, -0.25) is 0 Å². The van der Waals surface area contributed by atoms with Crippen molar-refractivity contribution in [2.75, 3.05) is 7.11 Å². The first-order valence-corrected chi connectivity index (χ1v) is 6.36. The summed E-state index contributed by atoms with van der Waals surface area (Å²) < 4.78 is 5.30. The molecule has 0 heterocycles. The summed E-state index contributed by atoms with van der Waals surface area (Å²) in [5, 5.41) is 9.24. The number of rotatable bonds is 4. The third-order valence-corrected chi connectivity index (χ3v) is 2.99. The van der Waals surface area contributed by atoms with Crippen LogP contribution in [0, 0.1) is 0 Å². The number of phenolic OH excluding ortho intramolecular Hbond substituents is 1. The average Bonchev–Trinajstić information content (AvgIpc) is 2.46. The highest BCUT2D eigenvalue weighted by Gasteiger charge is 1.98. The Bertz CT molecular complexity index is 546. The molecule has 0 radical (unpaired) electrons. The molecule has 2 aromatic carbocycles. The maximum atomic E-state index is 9.24. The third-order valence-electron chi connectivity index (χ3n) is 2.99. The van der Waals surface area contributed by atoms with Crippen molar-refractivity contribution in [2.24, 2.45) is 0 Å². The van der Waals surface area contributed by atoms with Crippen LogP contribution in [0.2, 0.25) is 0 Å². The molecular weight excluding hydrogens is 236 g/mol. The Morgan fingerprint density at radius 1 is 1.00 bits per heavy atom. The number of aryl methyl sites for hydroxylation is 1. The van der Waals surface area contributed by atoms with Gasteiger partial charge in [0.2, 0.25) is 0 Å². The molecule has 2 rings (SSSR count). The van der Waals surface area contributed by atoms with Gasteiger partial charge in [0.25, 0.3) is 0 Å². The van der Waals surface area contributed by atoms with Crippen molar-refractivity contribution in [3.8, 4) is 11.5 Å². The SMILES string of the molecule is CCc1cc(/C=C/c2ccc(O)cc2)cc(OC)c1. The van der Waals surface area contributed by atoms with Crippen LogP contribution < -0.4 is 4.74 Å². The summed E-state index contributed by atoms with van der Waals surface area (Å²) in [6.07, 6.45) is 5.05. The van der Waals surface area contributed by atoms with Crippen molar-refractivity contribution in [2.45, 2.75) is 13.3 Å². The van der Waals surface area contributed by atoms with Crippen molar-refractivity contribution in [1.82, 2.24) is 0 Å². The van der Waals surface area contributed by atoms with Gasteiger partial charge in [-0.05, 0) is 47.4 Å². The topological polar surface area (TPSA) is 29.5 Å². The number of benzene rings is 2. The van der Waals surface area contributed by atoms with Gasteiger partial charge in [-0.2, -0.15) is 0 Å². The molecule has 0 aliphatic carbocycles. The molecule has 2 nitrogen and oxygen atoms in total. The van der Waals surface area contributed by atoms with Crippen LogP contribution >= 0.6 is 0 Å². The lowest BCUT2D eigenvalue weighted by molar-refractivity contribution is 0.414. The molecule has 0 fully saturated rings. The van der Waals surface area contributed by atoms with E-state index in [-0.39, 0.29) is 5.75 Å². The molecule has 2 heteroatoms. The summed E-state index contributed by atoms with van der Waals surface area (Å²) in [4.78, 5) is 0. The third kappa shape index (κ3) is 3.62. The molecule has 0 spiro atoms. The second-order valence-electron chi connectivity index (χ2n) is 4.39.